The Kier molecular flexibility index (Phi) is 3.94. The van der Waals surface area contributed by atoms with E-state index in [1.165, 1.54) is 0 Å². The second-order valence-electron chi connectivity index (χ2n) is 4.29. The summed E-state index contributed by atoms with van der Waals surface area (Å²) in [6.45, 7) is 3.38. The van der Waals surface area contributed by atoms with Crippen molar-refractivity contribution in [1.82, 2.24) is 15.3 Å². The van der Waals surface area contributed by atoms with Crippen molar-refractivity contribution < 1.29 is 4.42 Å². The van der Waals surface area contributed by atoms with E-state index in [4.69, 9.17) is 4.42 Å². The second-order valence-corrected chi connectivity index (χ2v) is 4.29. The summed E-state index contributed by atoms with van der Waals surface area (Å²) in [5.41, 5.74) is 1.07. The first-order chi connectivity index (χ1) is 8.69. The van der Waals surface area contributed by atoms with Gasteiger partial charge in [-0.25, -0.2) is 9.97 Å². The molecule has 0 saturated heterocycles. The summed E-state index contributed by atoms with van der Waals surface area (Å²) in [5, 5.41) is 3.07. The number of anilines is 1. The van der Waals surface area contributed by atoms with E-state index >= 15 is 0 Å². The minimum Gasteiger partial charge on any atom is -0.464 e. The Morgan fingerprint density at radius 2 is 2.00 bits per heavy atom. The van der Waals surface area contributed by atoms with Crippen LogP contribution < -0.4 is 10.2 Å². The van der Waals surface area contributed by atoms with Crippen molar-refractivity contribution in [3.05, 3.63) is 41.6 Å². The van der Waals surface area contributed by atoms with Gasteiger partial charge in [-0.2, -0.15) is 0 Å². The summed E-state index contributed by atoms with van der Waals surface area (Å²) in [6, 6.07) is 3.93. The molecule has 0 fully saturated rings. The molecule has 0 unspecified atom stereocenters. The molecule has 0 radical (unpaired) electrons. The van der Waals surface area contributed by atoms with Crippen molar-refractivity contribution in [1.29, 1.82) is 0 Å². The van der Waals surface area contributed by atoms with Crippen LogP contribution in [0.15, 0.2) is 28.9 Å². The Morgan fingerprint density at radius 3 is 2.56 bits per heavy atom. The summed E-state index contributed by atoms with van der Waals surface area (Å²) in [4.78, 5) is 10.6. The number of rotatable bonds is 5. The fourth-order valence-electron chi connectivity index (χ4n) is 1.72. The van der Waals surface area contributed by atoms with Crippen LogP contribution in [0.4, 0.5) is 5.95 Å². The molecule has 0 aromatic carbocycles. The van der Waals surface area contributed by atoms with Gasteiger partial charge in [0.15, 0.2) is 0 Å². The van der Waals surface area contributed by atoms with Crippen LogP contribution in [0.2, 0.25) is 0 Å². The van der Waals surface area contributed by atoms with Crippen LogP contribution in [-0.4, -0.2) is 24.1 Å². The first-order valence-electron chi connectivity index (χ1n) is 5.91. The predicted molar refractivity (Wildman–Crippen MR) is 70.3 cm³/mol. The Balaban J connectivity index is 2.02. The molecule has 0 spiro atoms. The average molecular weight is 246 g/mol. The van der Waals surface area contributed by atoms with E-state index in [1.54, 1.807) is 0 Å². The molecule has 0 saturated carbocycles. The number of nitrogens with zero attached hydrogens (tertiary/aromatic N) is 3. The van der Waals surface area contributed by atoms with Gasteiger partial charge in [0, 0.05) is 31.5 Å². The van der Waals surface area contributed by atoms with Gasteiger partial charge in [-0.1, -0.05) is 0 Å². The van der Waals surface area contributed by atoms with Crippen molar-refractivity contribution in [2.75, 3.05) is 19.0 Å². The van der Waals surface area contributed by atoms with Crippen molar-refractivity contribution in [2.24, 2.45) is 0 Å². The van der Waals surface area contributed by atoms with E-state index in [9.17, 15) is 0 Å². The fraction of sp³-hybridized carbons (Fsp3) is 0.385. The van der Waals surface area contributed by atoms with Crippen LogP contribution in [0.1, 0.15) is 17.1 Å². The molecule has 0 amide bonds. The molecule has 0 aliphatic carbocycles. The van der Waals surface area contributed by atoms with E-state index in [2.05, 4.69) is 15.3 Å². The molecule has 0 aliphatic rings. The Morgan fingerprint density at radius 1 is 1.28 bits per heavy atom. The zero-order chi connectivity index (χ0) is 13.0. The van der Waals surface area contributed by atoms with Gasteiger partial charge in [0.05, 0.1) is 6.54 Å². The minimum atomic E-state index is 0.666. The number of aromatic nitrogens is 2. The van der Waals surface area contributed by atoms with Gasteiger partial charge in [0.2, 0.25) is 5.95 Å². The monoisotopic (exact) mass is 246 g/mol. The van der Waals surface area contributed by atoms with Gasteiger partial charge in [-0.3, -0.25) is 0 Å². The molecule has 2 heterocycles. The molecule has 18 heavy (non-hydrogen) atoms. The highest BCUT2D eigenvalue weighted by molar-refractivity contribution is 5.29. The van der Waals surface area contributed by atoms with E-state index in [1.807, 2.05) is 50.4 Å². The standard InChI is InChI=1S/C13H18N4O/c1-10-4-5-12(18-10)9-17(3)13-15-7-11(6-14-2)8-16-13/h4-5,7-8,14H,6,9H2,1-3H3. The lowest BCUT2D eigenvalue weighted by atomic mass is 10.3. The molecule has 5 nitrogen and oxygen atoms in total. The molecule has 2 aromatic rings. The topological polar surface area (TPSA) is 54.2 Å². The third-order valence-electron chi connectivity index (χ3n) is 2.60. The number of nitrogens with one attached hydrogen (secondary N) is 1. The third-order valence-corrected chi connectivity index (χ3v) is 2.60. The maximum atomic E-state index is 5.53. The van der Waals surface area contributed by atoms with Gasteiger partial charge in [0.25, 0.3) is 0 Å². The molecule has 2 rings (SSSR count). The van der Waals surface area contributed by atoms with Crippen LogP contribution in [0.25, 0.3) is 0 Å². The van der Waals surface area contributed by atoms with Crippen LogP contribution in [-0.2, 0) is 13.1 Å². The highest BCUT2D eigenvalue weighted by Crippen LogP contribution is 2.12. The molecular weight excluding hydrogens is 228 g/mol. The summed E-state index contributed by atoms with van der Waals surface area (Å²) in [7, 11) is 3.85. The molecular formula is C13H18N4O. The largest absolute Gasteiger partial charge is 0.464 e. The van der Waals surface area contributed by atoms with Gasteiger partial charge >= 0.3 is 0 Å². The predicted octanol–water partition coefficient (Wildman–Crippen LogP) is 1.73. The Hall–Kier alpha value is -1.88. The average Bonchev–Trinajstić information content (AvgIpc) is 2.76. The van der Waals surface area contributed by atoms with Crippen molar-refractivity contribution in [2.45, 2.75) is 20.0 Å². The minimum absolute atomic E-state index is 0.666. The number of hydrogen-bond donors (Lipinski definition) is 1. The van der Waals surface area contributed by atoms with Crippen LogP contribution in [0.3, 0.4) is 0 Å². The van der Waals surface area contributed by atoms with Crippen molar-refractivity contribution in [3.8, 4) is 0 Å². The molecule has 2 aromatic heterocycles. The van der Waals surface area contributed by atoms with Gasteiger partial charge in [0.1, 0.15) is 11.5 Å². The third kappa shape index (κ3) is 3.07. The molecule has 0 aliphatic heterocycles. The number of hydrogen-bond acceptors (Lipinski definition) is 5. The lowest BCUT2D eigenvalue weighted by molar-refractivity contribution is 0.480. The van der Waals surface area contributed by atoms with Crippen LogP contribution >= 0.6 is 0 Å². The van der Waals surface area contributed by atoms with Gasteiger partial charge < -0.3 is 14.6 Å². The summed E-state index contributed by atoms with van der Waals surface area (Å²) in [5.74, 6) is 2.53. The maximum Gasteiger partial charge on any atom is 0.225 e. The first kappa shape index (κ1) is 12.6. The summed E-state index contributed by atoms with van der Waals surface area (Å²) < 4.78 is 5.53. The molecule has 96 valence electrons. The lowest BCUT2D eigenvalue weighted by Crippen LogP contribution is -2.19. The SMILES string of the molecule is CNCc1cnc(N(C)Cc2ccc(C)o2)nc1. The summed E-state index contributed by atoms with van der Waals surface area (Å²) >= 11 is 0. The van der Waals surface area contributed by atoms with Crippen molar-refractivity contribution in [3.63, 3.8) is 0 Å². The quantitative estimate of drug-likeness (QED) is 0.870. The highest BCUT2D eigenvalue weighted by Gasteiger charge is 2.07. The molecule has 1 N–H and O–H groups in total. The van der Waals surface area contributed by atoms with E-state index in [0.29, 0.717) is 12.5 Å². The van der Waals surface area contributed by atoms with E-state index in [0.717, 1.165) is 23.6 Å². The molecule has 0 bridgehead atoms. The van der Waals surface area contributed by atoms with Gasteiger partial charge in [-0.15, -0.1) is 0 Å². The lowest BCUT2D eigenvalue weighted by Gasteiger charge is -2.15. The number of furan rings is 1. The maximum absolute atomic E-state index is 5.53. The van der Waals surface area contributed by atoms with Gasteiger partial charge in [-0.05, 0) is 26.1 Å². The second kappa shape index (κ2) is 5.64. The van der Waals surface area contributed by atoms with E-state index < -0.39 is 0 Å². The van der Waals surface area contributed by atoms with Crippen LogP contribution in [0.5, 0.6) is 0 Å². The zero-order valence-corrected chi connectivity index (χ0v) is 11.0. The fourth-order valence-corrected chi connectivity index (χ4v) is 1.72. The first-order valence-corrected chi connectivity index (χ1v) is 5.91. The number of aryl methyl sites for hydroxylation is 1. The van der Waals surface area contributed by atoms with Crippen LogP contribution in [0, 0.1) is 6.92 Å². The Labute approximate surface area is 107 Å². The smallest absolute Gasteiger partial charge is 0.225 e. The highest BCUT2D eigenvalue weighted by atomic mass is 16.3. The van der Waals surface area contributed by atoms with Crippen molar-refractivity contribution >= 4 is 5.95 Å². The van der Waals surface area contributed by atoms with E-state index in [-0.39, 0.29) is 0 Å². The zero-order valence-electron chi connectivity index (χ0n) is 11.0. The molecule has 0 atom stereocenters. The Bertz CT molecular complexity index is 492. The normalized spacial score (nSPS) is 10.6. The molecule has 5 heteroatoms. The summed E-state index contributed by atoms with van der Waals surface area (Å²) in [6.07, 6.45) is 3.67.